The maximum atomic E-state index is 13.0. The Hall–Kier alpha value is -3.83. The van der Waals surface area contributed by atoms with E-state index in [1.54, 1.807) is 17.9 Å². The van der Waals surface area contributed by atoms with Crippen LogP contribution in [0.2, 0.25) is 0 Å². The summed E-state index contributed by atoms with van der Waals surface area (Å²) in [6.07, 6.45) is 3.37. The number of aliphatic hydroxyl groups excluding tert-OH is 1. The molecular weight excluding hydrogens is 412 g/mol. The minimum absolute atomic E-state index is 0.0184. The number of amides is 1. The minimum atomic E-state index is -0.189. The van der Waals surface area contributed by atoms with E-state index in [1.165, 1.54) is 0 Å². The molecule has 1 amide bonds. The van der Waals surface area contributed by atoms with Crippen molar-refractivity contribution in [2.45, 2.75) is 32.8 Å². The third-order valence-corrected chi connectivity index (χ3v) is 5.62. The van der Waals surface area contributed by atoms with Gasteiger partial charge >= 0.3 is 0 Å². The number of aliphatic hydroxyl groups is 1. The molecule has 0 saturated heterocycles. The summed E-state index contributed by atoms with van der Waals surface area (Å²) in [5, 5.41) is 9.18. The number of rotatable bonds is 8. The van der Waals surface area contributed by atoms with E-state index in [9.17, 15) is 14.7 Å². The first kappa shape index (κ1) is 22.4. The SMILES string of the molecule is CC1=N/C(=C\c2ccc(CO)cc2)C(=O)N1c1ccc(CC(=O)CCc2ccccc2)cc1. The molecular formula is C28H26N2O3. The second-order valence-electron chi connectivity index (χ2n) is 8.10. The number of carbonyl (C=O) groups is 2. The van der Waals surface area contributed by atoms with Crippen molar-refractivity contribution in [1.82, 2.24) is 0 Å². The van der Waals surface area contributed by atoms with Crippen LogP contribution in [0.3, 0.4) is 0 Å². The second kappa shape index (κ2) is 10.2. The van der Waals surface area contributed by atoms with Crippen molar-refractivity contribution in [2.75, 3.05) is 4.90 Å². The molecule has 33 heavy (non-hydrogen) atoms. The van der Waals surface area contributed by atoms with Crippen LogP contribution in [0.15, 0.2) is 89.6 Å². The zero-order chi connectivity index (χ0) is 23.2. The molecule has 3 aromatic carbocycles. The van der Waals surface area contributed by atoms with Crippen molar-refractivity contribution in [3.63, 3.8) is 0 Å². The molecule has 5 nitrogen and oxygen atoms in total. The van der Waals surface area contributed by atoms with E-state index in [4.69, 9.17) is 0 Å². The topological polar surface area (TPSA) is 70.0 Å². The lowest BCUT2D eigenvalue weighted by Gasteiger charge is -2.16. The summed E-state index contributed by atoms with van der Waals surface area (Å²) in [6, 6.07) is 24.8. The number of carbonyl (C=O) groups excluding carboxylic acids is 2. The van der Waals surface area contributed by atoms with Gasteiger partial charge in [-0.2, -0.15) is 0 Å². The minimum Gasteiger partial charge on any atom is -0.392 e. The highest BCUT2D eigenvalue weighted by Gasteiger charge is 2.28. The van der Waals surface area contributed by atoms with Crippen LogP contribution in [0.25, 0.3) is 6.08 Å². The molecule has 0 fully saturated rings. The predicted molar refractivity (Wildman–Crippen MR) is 131 cm³/mol. The molecule has 4 rings (SSSR count). The lowest BCUT2D eigenvalue weighted by atomic mass is 10.0. The Morgan fingerprint density at radius 3 is 2.24 bits per heavy atom. The molecule has 0 bridgehead atoms. The van der Waals surface area contributed by atoms with E-state index in [0.717, 1.165) is 34.4 Å². The molecule has 0 aliphatic carbocycles. The number of aliphatic imine (C=N–C) groups is 1. The summed E-state index contributed by atoms with van der Waals surface area (Å²) >= 11 is 0. The van der Waals surface area contributed by atoms with Crippen LogP contribution in [-0.2, 0) is 29.0 Å². The molecule has 1 N–H and O–H groups in total. The predicted octanol–water partition coefficient (Wildman–Crippen LogP) is 4.73. The second-order valence-corrected chi connectivity index (χ2v) is 8.10. The van der Waals surface area contributed by atoms with E-state index in [1.807, 2.05) is 78.9 Å². The number of aryl methyl sites for hydroxylation is 1. The van der Waals surface area contributed by atoms with Crippen LogP contribution in [0, 0.1) is 0 Å². The molecule has 1 aliphatic rings. The van der Waals surface area contributed by atoms with E-state index in [0.29, 0.717) is 24.4 Å². The normalized spacial score (nSPS) is 14.6. The number of amidine groups is 1. The zero-order valence-electron chi connectivity index (χ0n) is 18.6. The van der Waals surface area contributed by atoms with Crippen molar-refractivity contribution in [3.8, 4) is 0 Å². The summed E-state index contributed by atoms with van der Waals surface area (Å²) in [4.78, 5) is 31.4. The number of anilines is 1. The van der Waals surface area contributed by atoms with Gasteiger partial charge in [0.05, 0.1) is 12.3 Å². The third-order valence-electron chi connectivity index (χ3n) is 5.62. The van der Waals surface area contributed by atoms with Gasteiger partial charge in [-0.15, -0.1) is 0 Å². The van der Waals surface area contributed by atoms with Crippen molar-refractivity contribution in [2.24, 2.45) is 4.99 Å². The Bertz CT molecular complexity index is 1190. The summed E-state index contributed by atoms with van der Waals surface area (Å²) < 4.78 is 0. The van der Waals surface area contributed by atoms with Gasteiger partial charge in [-0.25, -0.2) is 4.99 Å². The number of Topliss-reactive ketones (excluding diaryl/α,β-unsaturated/α-hetero) is 1. The van der Waals surface area contributed by atoms with Gasteiger partial charge in [-0.3, -0.25) is 14.5 Å². The molecule has 0 atom stereocenters. The number of hydrogen-bond donors (Lipinski definition) is 1. The number of ketones is 1. The maximum absolute atomic E-state index is 13.0. The van der Waals surface area contributed by atoms with Gasteiger partial charge in [-0.1, -0.05) is 66.7 Å². The molecule has 0 unspecified atom stereocenters. The van der Waals surface area contributed by atoms with Gasteiger partial charge in [0.1, 0.15) is 17.3 Å². The van der Waals surface area contributed by atoms with Gasteiger partial charge < -0.3 is 5.11 Å². The number of hydrogen-bond acceptors (Lipinski definition) is 4. The van der Waals surface area contributed by atoms with Crippen LogP contribution in [0.4, 0.5) is 5.69 Å². The third kappa shape index (κ3) is 5.51. The van der Waals surface area contributed by atoms with Gasteiger partial charge in [0.2, 0.25) is 0 Å². The van der Waals surface area contributed by atoms with Gasteiger partial charge in [-0.05, 0) is 53.8 Å². The fraction of sp³-hybridized carbons (Fsp3) is 0.179. The molecule has 1 heterocycles. The van der Waals surface area contributed by atoms with Crippen LogP contribution in [0.5, 0.6) is 0 Å². The lowest BCUT2D eigenvalue weighted by molar-refractivity contribution is -0.118. The largest absolute Gasteiger partial charge is 0.392 e. The van der Waals surface area contributed by atoms with Crippen LogP contribution in [-0.4, -0.2) is 22.6 Å². The molecule has 5 heteroatoms. The van der Waals surface area contributed by atoms with Crippen molar-refractivity contribution in [3.05, 3.63) is 107 Å². The smallest absolute Gasteiger partial charge is 0.282 e. The first-order valence-electron chi connectivity index (χ1n) is 11.0. The van der Waals surface area contributed by atoms with E-state index >= 15 is 0 Å². The molecule has 3 aromatic rings. The quantitative estimate of drug-likeness (QED) is 0.517. The Balaban J connectivity index is 1.39. The van der Waals surface area contributed by atoms with Crippen molar-refractivity contribution < 1.29 is 14.7 Å². The highest BCUT2D eigenvalue weighted by molar-refractivity contribution is 6.28. The molecule has 0 saturated carbocycles. The Morgan fingerprint density at radius 1 is 0.909 bits per heavy atom. The molecule has 0 spiro atoms. The maximum Gasteiger partial charge on any atom is 0.282 e. The van der Waals surface area contributed by atoms with Crippen LogP contribution >= 0.6 is 0 Å². The van der Waals surface area contributed by atoms with Crippen LogP contribution in [0.1, 0.15) is 35.6 Å². The first-order chi connectivity index (χ1) is 16.0. The fourth-order valence-electron chi connectivity index (χ4n) is 3.82. The summed E-state index contributed by atoms with van der Waals surface area (Å²) in [5.74, 6) is 0.606. The van der Waals surface area contributed by atoms with Crippen molar-refractivity contribution >= 4 is 29.3 Å². The zero-order valence-corrected chi connectivity index (χ0v) is 18.6. The Labute approximate surface area is 193 Å². The van der Waals surface area contributed by atoms with Gasteiger partial charge in [0.15, 0.2) is 0 Å². The van der Waals surface area contributed by atoms with E-state index in [-0.39, 0.29) is 18.3 Å². The average Bonchev–Trinajstić information content (AvgIpc) is 3.12. The molecule has 166 valence electrons. The Kier molecular flexibility index (Phi) is 6.91. The highest BCUT2D eigenvalue weighted by Crippen LogP contribution is 2.25. The highest BCUT2D eigenvalue weighted by atomic mass is 16.3. The standard InChI is InChI=1S/C28H26N2O3/c1-20-29-27(18-23-7-9-24(19-31)10-8-23)28(33)30(20)25-14-11-22(12-15-25)17-26(32)16-13-21-5-3-2-4-6-21/h2-12,14-15,18,31H,13,16-17,19H2,1H3/b27-18-. The van der Waals surface area contributed by atoms with E-state index in [2.05, 4.69) is 4.99 Å². The average molecular weight is 439 g/mol. The fourth-order valence-corrected chi connectivity index (χ4v) is 3.82. The summed E-state index contributed by atoms with van der Waals surface area (Å²) in [7, 11) is 0. The Morgan fingerprint density at radius 2 is 1.58 bits per heavy atom. The van der Waals surface area contributed by atoms with Gasteiger partial charge in [0.25, 0.3) is 5.91 Å². The number of benzene rings is 3. The molecule has 1 aliphatic heterocycles. The summed E-state index contributed by atoms with van der Waals surface area (Å²) in [6.45, 7) is 1.78. The summed E-state index contributed by atoms with van der Waals surface area (Å²) in [5.41, 5.74) is 4.84. The van der Waals surface area contributed by atoms with Crippen LogP contribution < -0.4 is 4.90 Å². The monoisotopic (exact) mass is 438 g/mol. The van der Waals surface area contributed by atoms with Crippen molar-refractivity contribution in [1.29, 1.82) is 0 Å². The molecule has 0 radical (unpaired) electrons. The first-order valence-corrected chi connectivity index (χ1v) is 11.0. The lowest BCUT2D eigenvalue weighted by Crippen LogP contribution is -2.30. The number of nitrogens with zero attached hydrogens (tertiary/aromatic N) is 2. The van der Waals surface area contributed by atoms with Gasteiger partial charge in [0, 0.05) is 12.8 Å². The molecule has 0 aromatic heterocycles. The van der Waals surface area contributed by atoms with E-state index < -0.39 is 0 Å².